The van der Waals surface area contributed by atoms with Gasteiger partial charge in [0.15, 0.2) is 0 Å². The number of esters is 1. The minimum absolute atomic E-state index is 0.0195. The molecule has 0 saturated heterocycles. The monoisotopic (exact) mass is 410 g/mol. The van der Waals surface area contributed by atoms with Gasteiger partial charge >= 0.3 is 5.97 Å². The Labute approximate surface area is 184 Å². The average Bonchev–Trinajstić information content (AvgIpc) is 2.70. The van der Waals surface area contributed by atoms with Crippen LogP contribution in [0.1, 0.15) is 156 Å². The molecule has 0 spiro atoms. The highest BCUT2D eigenvalue weighted by atomic mass is 16.5. The van der Waals surface area contributed by atoms with Gasteiger partial charge < -0.3 is 4.74 Å². The van der Waals surface area contributed by atoms with Crippen molar-refractivity contribution in [1.82, 2.24) is 0 Å². The lowest BCUT2D eigenvalue weighted by Crippen LogP contribution is -2.05. The van der Waals surface area contributed by atoms with E-state index in [9.17, 15) is 4.79 Å². The normalized spacial score (nSPS) is 11.3. The topological polar surface area (TPSA) is 26.3 Å². The van der Waals surface area contributed by atoms with Crippen LogP contribution >= 0.6 is 0 Å². The van der Waals surface area contributed by atoms with Crippen LogP contribution in [0.25, 0.3) is 0 Å². The fourth-order valence-corrected chi connectivity index (χ4v) is 3.91. The third-order valence-corrected chi connectivity index (χ3v) is 5.92. The Morgan fingerprint density at radius 3 is 1.48 bits per heavy atom. The van der Waals surface area contributed by atoms with E-state index in [2.05, 4.69) is 20.8 Å². The van der Waals surface area contributed by atoms with Crippen molar-refractivity contribution in [3.63, 3.8) is 0 Å². The molecule has 0 radical (unpaired) electrons. The summed E-state index contributed by atoms with van der Waals surface area (Å²) in [5.74, 6) is 0.874. The number of hydrogen-bond donors (Lipinski definition) is 0. The summed E-state index contributed by atoms with van der Waals surface area (Å²) in [6.45, 7) is 7.52. The van der Waals surface area contributed by atoms with Gasteiger partial charge in [-0.2, -0.15) is 0 Å². The maximum Gasteiger partial charge on any atom is 0.305 e. The van der Waals surface area contributed by atoms with E-state index in [0.717, 1.165) is 18.8 Å². The van der Waals surface area contributed by atoms with Crippen molar-refractivity contribution in [2.45, 2.75) is 156 Å². The van der Waals surface area contributed by atoms with Gasteiger partial charge in [-0.1, -0.05) is 136 Å². The number of ether oxygens (including phenoxy) is 1. The molecular formula is C27H54O2. The molecule has 2 nitrogen and oxygen atoms in total. The van der Waals surface area contributed by atoms with Crippen molar-refractivity contribution in [2.75, 3.05) is 6.61 Å². The summed E-state index contributed by atoms with van der Waals surface area (Å²) >= 11 is 0. The van der Waals surface area contributed by atoms with E-state index >= 15 is 0 Å². The van der Waals surface area contributed by atoms with Crippen LogP contribution in [0.2, 0.25) is 0 Å². The van der Waals surface area contributed by atoms with Crippen LogP contribution in [-0.2, 0) is 9.53 Å². The SMILES string of the molecule is CCCCCCCCCCCCCC(=O)OCCCCCCCCCCC(C)C. The lowest BCUT2D eigenvalue weighted by atomic mass is 10.0. The Bertz CT molecular complexity index is 324. The van der Waals surface area contributed by atoms with Gasteiger partial charge in [0.2, 0.25) is 0 Å². The lowest BCUT2D eigenvalue weighted by molar-refractivity contribution is -0.143. The largest absolute Gasteiger partial charge is 0.466 e. The number of hydrogen-bond acceptors (Lipinski definition) is 2. The first-order valence-electron chi connectivity index (χ1n) is 13.3. The molecule has 0 unspecified atom stereocenters. The van der Waals surface area contributed by atoms with Crippen LogP contribution in [0.3, 0.4) is 0 Å². The third kappa shape index (κ3) is 25.4. The smallest absolute Gasteiger partial charge is 0.305 e. The van der Waals surface area contributed by atoms with Crippen molar-refractivity contribution in [1.29, 1.82) is 0 Å². The summed E-state index contributed by atoms with van der Waals surface area (Å²) < 4.78 is 5.38. The summed E-state index contributed by atoms with van der Waals surface area (Å²) in [6.07, 6.45) is 27.0. The molecule has 0 fully saturated rings. The fraction of sp³-hybridized carbons (Fsp3) is 0.963. The second-order valence-corrected chi connectivity index (χ2v) is 9.52. The van der Waals surface area contributed by atoms with E-state index in [1.807, 2.05) is 0 Å². The van der Waals surface area contributed by atoms with Crippen LogP contribution in [0.15, 0.2) is 0 Å². The maximum atomic E-state index is 11.8. The summed E-state index contributed by atoms with van der Waals surface area (Å²) in [5, 5.41) is 0. The van der Waals surface area contributed by atoms with Crippen molar-refractivity contribution < 1.29 is 9.53 Å². The van der Waals surface area contributed by atoms with Crippen LogP contribution in [0.5, 0.6) is 0 Å². The van der Waals surface area contributed by atoms with Crippen molar-refractivity contribution in [2.24, 2.45) is 5.92 Å². The van der Waals surface area contributed by atoms with Crippen LogP contribution in [-0.4, -0.2) is 12.6 Å². The van der Waals surface area contributed by atoms with Gasteiger partial charge in [-0.15, -0.1) is 0 Å². The van der Waals surface area contributed by atoms with E-state index in [0.29, 0.717) is 13.0 Å². The standard InChI is InChI=1S/C27H54O2/c1-4-5-6-7-8-9-10-11-15-18-21-24-27(28)29-25-22-19-16-13-12-14-17-20-23-26(2)3/h26H,4-25H2,1-3H3. The minimum atomic E-state index is 0.0195. The highest BCUT2D eigenvalue weighted by Crippen LogP contribution is 2.14. The molecule has 0 aliphatic heterocycles. The van der Waals surface area contributed by atoms with Gasteiger partial charge in [-0.3, -0.25) is 4.79 Å². The Balaban J connectivity index is 3.15. The van der Waals surface area contributed by atoms with Crippen molar-refractivity contribution in [3.05, 3.63) is 0 Å². The highest BCUT2D eigenvalue weighted by molar-refractivity contribution is 5.69. The molecule has 2 heteroatoms. The average molecular weight is 411 g/mol. The fourth-order valence-electron chi connectivity index (χ4n) is 3.91. The molecule has 0 heterocycles. The zero-order chi connectivity index (χ0) is 21.4. The van der Waals surface area contributed by atoms with E-state index < -0.39 is 0 Å². The highest BCUT2D eigenvalue weighted by Gasteiger charge is 2.02. The number of rotatable bonds is 23. The first-order chi connectivity index (χ1) is 14.2. The zero-order valence-corrected chi connectivity index (χ0v) is 20.5. The molecule has 0 rings (SSSR count). The Kier molecular flexibility index (Phi) is 23.3. The van der Waals surface area contributed by atoms with E-state index in [4.69, 9.17) is 4.74 Å². The second-order valence-electron chi connectivity index (χ2n) is 9.52. The van der Waals surface area contributed by atoms with Crippen molar-refractivity contribution in [3.8, 4) is 0 Å². The number of unbranched alkanes of at least 4 members (excludes halogenated alkanes) is 17. The van der Waals surface area contributed by atoms with E-state index in [1.54, 1.807) is 0 Å². The second kappa shape index (κ2) is 23.7. The Morgan fingerprint density at radius 2 is 1.00 bits per heavy atom. The molecule has 0 aromatic carbocycles. The lowest BCUT2D eigenvalue weighted by Gasteiger charge is -2.06. The molecular weight excluding hydrogens is 356 g/mol. The predicted molar refractivity (Wildman–Crippen MR) is 128 cm³/mol. The first-order valence-corrected chi connectivity index (χ1v) is 13.3. The summed E-state index contributed by atoms with van der Waals surface area (Å²) in [4.78, 5) is 11.8. The van der Waals surface area contributed by atoms with E-state index in [-0.39, 0.29) is 5.97 Å². The number of carbonyl (C=O) groups excluding carboxylic acids is 1. The molecule has 0 bridgehead atoms. The molecule has 0 aliphatic rings. The molecule has 0 aromatic rings. The molecule has 174 valence electrons. The molecule has 0 N–H and O–H groups in total. The molecule has 0 aromatic heterocycles. The van der Waals surface area contributed by atoms with E-state index in [1.165, 1.54) is 116 Å². The van der Waals surface area contributed by atoms with Crippen LogP contribution in [0, 0.1) is 5.92 Å². The zero-order valence-electron chi connectivity index (χ0n) is 20.5. The number of carbonyl (C=O) groups is 1. The van der Waals surface area contributed by atoms with Gasteiger partial charge in [-0.25, -0.2) is 0 Å². The van der Waals surface area contributed by atoms with Gasteiger partial charge in [0.05, 0.1) is 6.61 Å². The molecule has 0 amide bonds. The molecule has 0 aliphatic carbocycles. The van der Waals surface area contributed by atoms with Gasteiger partial charge in [0.1, 0.15) is 0 Å². The molecule has 29 heavy (non-hydrogen) atoms. The summed E-state index contributed by atoms with van der Waals surface area (Å²) in [5.41, 5.74) is 0. The Morgan fingerprint density at radius 1 is 0.586 bits per heavy atom. The Hall–Kier alpha value is -0.530. The first kappa shape index (κ1) is 28.5. The van der Waals surface area contributed by atoms with Gasteiger partial charge in [-0.05, 0) is 18.8 Å². The maximum absolute atomic E-state index is 11.8. The van der Waals surface area contributed by atoms with Gasteiger partial charge in [0.25, 0.3) is 0 Å². The predicted octanol–water partition coefficient (Wildman–Crippen LogP) is 9.40. The molecule has 0 atom stereocenters. The van der Waals surface area contributed by atoms with Crippen LogP contribution < -0.4 is 0 Å². The van der Waals surface area contributed by atoms with Crippen molar-refractivity contribution >= 4 is 5.97 Å². The minimum Gasteiger partial charge on any atom is -0.466 e. The summed E-state index contributed by atoms with van der Waals surface area (Å²) in [7, 11) is 0. The van der Waals surface area contributed by atoms with Gasteiger partial charge in [0, 0.05) is 6.42 Å². The van der Waals surface area contributed by atoms with Crippen LogP contribution in [0.4, 0.5) is 0 Å². The third-order valence-electron chi connectivity index (χ3n) is 5.92. The quantitative estimate of drug-likeness (QED) is 0.124. The summed E-state index contributed by atoms with van der Waals surface area (Å²) in [6, 6.07) is 0. The molecule has 0 saturated carbocycles.